The van der Waals surface area contributed by atoms with Gasteiger partial charge in [0.1, 0.15) is 12.2 Å². The van der Waals surface area contributed by atoms with Crippen molar-refractivity contribution in [3.63, 3.8) is 0 Å². The Labute approximate surface area is 223 Å². The molecule has 0 aromatic heterocycles. The molecule has 0 bridgehead atoms. The van der Waals surface area contributed by atoms with Gasteiger partial charge in [-0.1, -0.05) is 20.8 Å². The van der Waals surface area contributed by atoms with Gasteiger partial charge in [-0.2, -0.15) is 0 Å². The summed E-state index contributed by atoms with van der Waals surface area (Å²) in [6, 6.07) is 0.721. The van der Waals surface area contributed by atoms with Crippen molar-refractivity contribution in [1.82, 2.24) is 4.90 Å². The third-order valence-corrected chi connectivity index (χ3v) is 12.7. The summed E-state index contributed by atoms with van der Waals surface area (Å²) in [5, 5.41) is 12.6. The van der Waals surface area contributed by atoms with Gasteiger partial charge in [-0.3, -0.25) is 14.5 Å². The molecule has 0 unspecified atom stereocenters. The van der Waals surface area contributed by atoms with Crippen molar-refractivity contribution >= 4 is 11.9 Å². The minimum absolute atomic E-state index is 0.00922. The smallest absolute Gasteiger partial charge is 0.302 e. The SMILES string of the molecule is CC(=O)O[C@@H]1CC[C@@]2(C)[C@H](C1)[C@@H](OC(C)=O)C[C@H]1[C@@H]2C[C@H]2[C@@H]3CN4C[C@H](C)CC[C@H]4[C@H](C)[C@H]3CC[C@]21O. The van der Waals surface area contributed by atoms with Crippen molar-refractivity contribution < 1.29 is 24.2 Å². The summed E-state index contributed by atoms with van der Waals surface area (Å²) in [4.78, 5) is 26.8. The van der Waals surface area contributed by atoms with Gasteiger partial charge in [0.15, 0.2) is 0 Å². The second-order valence-corrected chi connectivity index (χ2v) is 14.5. The average molecular weight is 516 g/mol. The first-order chi connectivity index (χ1) is 17.5. The Hall–Kier alpha value is -1.14. The van der Waals surface area contributed by atoms with Gasteiger partial charge in [0.2, 0.25) is 0 Å². The number of hydrogen-bond acceptors (Lipinski definition) is 6. The van der Waals surface area contributed by atoms with Crippen LogP contribution in [0.15, 0.2) is 0 Å². The first kappa shape index (κ1) is 26.1. The second-order valence-electron chi connectivity index (χ2n) is 14.5. The topological polar surface area (TPSA) is 76.1 Å². The number of ether oxygens (including phenoxy) is 2. The zero-order chi connectivity index (χ0) is 26.3. The lowest BCUT2D eigenvalue weighted by Gasteiger charge is -2.59. The van der Waals surface area contributed by atoms with Crippen LogP contribution in [0, 0.1) is 52.8 Å². The monoisotopic (exact) mass is 515 g/mol. The molecule has 0 aromatic carbocycles. The van der Waals surface area contributed by atoms with Crippen LogP contribution in [0.3, 0.4) is 0 Å². The van der Waals surface area contributed by atoms with Gasteiger partial charge >= 0.3 is 11.9 Å². The molecule has 6 aliphatic rings. The van der Waals surface area contributed by atoms with Crippen molar-refractivity contribution in [2.24, 2.45) is 52.8 Å². The largest absolute Gasteiger partial charge is 0.463 e. The van der Waals surface area contributed by atoms with E-state index in [1.165, 1.54) is 33.2 Å². The maximum Gasteiger partial charge on any atom is 0.302 e. The summed E-state index contributed by atoms with van der Waals surface area (Å²) >= 11 is 0. The van der Waals surface area contributed by atoms with E-state index in [0.29, 0.717) is 29.6 Å². The van der Waals surface area contributed by atoms with E-state index < -0.39 is 5.60 Å². The molecule has 0 amide bonds. The van der Waals surface area contributed by atoms with E-state index in [1.54, 1.807) is 0 Å². The molecule has 208 valence electrons. The molecule has 6 fully saturated rings. The van der Waals surface area contributed by atoms with E-state index in [-0.39, 0.29) is 41.4 Å². The summed E-state index contributed by atoms with van der Waals surface area (Å²) in [5.74, 6) is 3.41. The number of hydrogen-bond donors (Lipinski definition) is 1. The summed E-state index contributed by atoms with van der Waals surface area (Å²) < 4.78 is 11.7. The molecule has 2 saturated heterocycles. The predicted molar refractivity (Wildman–Crippen MR) is 140 cm³/mol. The van der Waals surface area contributed by atoms with Crippen LogP contribution < -0.4 is 0 Å². The lowest BCUT2D eigenvalue weighted by Crippen LogP contribution is -2.62. The van der Waals surface area contributed by atoms with E-state index in [0.717, 1.165) is 63.5 Å². The number of carbonyl (C=O) groups is 2. The van der Waals surface area contributed by atoms with Crippen LogP contribution >= 0.6 is 0 Å². The molecule has 6 nitrogen and oxygen atoms in total. The molecule has 4 aliphatic carbocycles. The summed E-state index contributed by atoms with van der Waals surface area (Å²) in [7, 11) is 0. The Kier molecular flexibility index (Phi) is 6.50. The van der Waals surface area contributed by atoms with Crippen LogP contribution in [-0.4, -0.2) is 58.9 Å². The Balaban J connectivity index is 1.30. The van der Waals surface area contributed by atoms with Gasteiger partial charge in [0.25, 0.3) is 0 Å². The minimum Gasteiger partial charge on any atom is -0.463 e. The van der Waals surface area contributed by atoms with Gasteiger partial charge in [-0.25, -0.2) is 0 Å². The molecule has 0 aromatic rings. The average Bonchev–Trinajstić information content (AvgIpc) is 3.13. The molecule has 4 saturated carbocycles. The second kappa shape index (κ2) is 9.21. The number of nitrogens with zero attached hydrogens (tertiary/aromatic N) is 1. The van der Waals surface area contributed by atoms with Crippen molar-refractivity contribution in [3.05, 3.63) is 0 Å². The van der Waals surface area contributed by atoms with Crippen molar-refractivity contribution in [1.29, 1.82) is 0 Å². The van der Waals surface area contributed by atoms with Crippen molar-refractivity contribution in [2.45, 2.75) is 116 Å². The fraction of sp³-hybridized carbons (Fsp3) is 0.935. The maximum atomic E-state index is 12.6. The van der Waals surface area contributed by atoms with E-state index in [4.69, 9.17) is 9.47 Å². The zero-order valence-electron chi connectivity index (χ0n) is 23.7. The summed E-state index contributed by atoms with van der Waals surface area (Å²) in [6.07, 6.45) is 8.85. The molecule has 37 heavy (non-hydrogen) atoms. The molecule has 2 heterocycles. The number of esters is 2. The van der Waals surface area contributed by atoms with Crippen molar-refractivity contribution in [2.75, 3.05) is 13.1 Å². The Morgan fingerprint density at radius 1 is 0.811 bits per heavy atom. The molecule has 1 N–H and O–H groups in total. The van der Waals surface area contributed by atoms with E-state index in [9.17, 15) is 14.7 Å². The highest BCUT2D eigenvalue weighted by atomic mass is 16.5. The summed E-state index contributed by atoms with van der Waals surface area (Å²) in [5.41, 5.74) is -0.663. The lowest BCUT2D eigenvalue weighted by molar-refractivity contribution is -0.195. The molecule has 0 spiro atoms. The highest BCUT2D eigenvalue weighted by molar-refractivity contribution is 5.66. The van der Waals surface area contributed by atoms with Crippen LogP contribution in [0.2, 0.25) is 0 Å². The molecule has 2 aliphatic heterocycles. The van der Waals surface area contributed by atoms with Gasteiger partial charge in [0, 0.05) is 38.9 Å². The van der Waals surface area contributed by atoms with E-state index >= 15 is 0 Å². The number of carbonyl (C=O) groups excluding carboxylic acids is 2. The number of fused-ring (bicyclic) bond motifs is 8. The zero-order valence-corrected chi connectivity index (χ0v) is 23.7. The minimum atomic E-state index is -0.654. The standard InChI is InChI=1S/C31H49NO5/c1-17-6-7-28-18(2)22-9-11-31(35)24(23(22)16-32(28)15-17)13-25-26(31)14-29(37-20(4)34)27-12-21(36-19(3)33)8-10-30(25,27)5/h17-18,21-29,35H,6-16H2,1-5H3/t17-,18-,21-,22-,23-,24+,25+,26+,27-,28+,29+,30-,31+/m1/s1. The third kappa shape index (κ3) is 4.10. The third-order valence-electron chi connectivity index (χ3n) is 12.7. The normalized spacial score (nSPS) is 53.1. The molecular weight excluding hydrogens is 466 g/mol. The van der Waals surface area contributed by atoms with Crippen LogP contribution in [0.5, 0.6) is 0 Å². The van der Waals surface area contributed by atoms with Gasteiger partial charge in [0.05, 0.1) is 5.60 Å². The quantitative estimate of drug-likeness (QED) is 0.532. The van der Waals surface area contributed by atoms with Crippen LogP contribution in [0.25, 0.3) is 0 Å². The first-order valence-electron chi connectivity index (χ1n) is 15.3. The number of rotatable bonds is 2. The fourth-order valence-electron chi connectivity index (χ4n) is 11.2. The number of aliphatic hydroxyl groups is 1. The van der Waals surface area contributed by atoms with Crippen LogP contribution in [-0.2, 0) is 19.1 Å². The summed E-state index contributed by atoms with van der Waals surface area (Å²) in [6.45, 7) is 12.7. The lowest BCUT2D eigenvalue weighted by atomic mass is 9.50. The van der Waals surface area contributed by atoms with E-state index in [1.807, 2.05) is 0 Å². The first-order valence-corrected chi connectivity index (χ1v) is 15.3. The number of piperidine rings is 2. The van der Waals surface area contributed by atoms with Gasteiger partial charge < -0.3 is 14.6 Å². The van der Waals surface area contributed by atoms with Gasteiger partial charge in [-0.15, -0.1) is 0 Å². The molecule has 0 radical (unpaired) electrons. The predicted octanol–water partition coefficient (Wildman–Crippen LogP) is 4.82. The maximum absolute atomic E-state index is 12.6. The molecule has 6 rings (SSSR count). The van der Waals surface area contributed by atoms with Gasteiger partial charge in [-0.05, 0) is 105 Å². The van der Waals surface area contributed by atoms with E-state index in [2.05, 4.69) is 25.7 Å². The highest BCUT2D eigenvalue weighted by Gasteiger charge is 2.68. The van der Waals surface area contributed by atoms with Crippen LogP contribution in [0.4, 0.5) is 0 Å². The molecular formula is C31H49NO5. The molecule has 6 heteroatoms. The fourth-order valence-corrected chi connectivity index (χ4v) is 11.2. The molecule has 13 atom stereocenters. The Bertz CT molecular complexity index is 921. The highest BCUT2D eigenvalue weighted by Crippen LogP contribution is 2.68. The Morgan fingerprint density at radius 3 is 2.30 bits per heavy atom. The Morgan fingerprint density at radius 2 is 1.57 bits per heavy atom. The van der Waals surface area contributed by atoms with Crippen LogP contribution in [0.1, 0.15) is 92.4 Å². The van der Waals surface area contributed by atoms with Crippen molar-refractivity contribution in [3.8, 4) is 0 Å².